The largest absolute Gasteiger partial charge is 0.380 e. The van der Waals surface area contributed by atoms with Gasteiger partial charge in [0.2, 0.25) is 11.8 Å². The SMILES string of the molecule is COC(C)CN1C(=O)CCC(NOCc2ccccc2)C1=O. The van der Waals surface area contributed by atoms with Gasteiger partial charge in [-0.15, -0.1) is 0 Å². The van der Waals surface area contributed by atoms with Gasteiger partial charge in [-0.2, -0.15) is 5.48 Å². The molecule has 120 valence electrons. The predicted molar refractivity (Wildman–Crippen MR) is 80.6 cm³/mol. The van der Waals surface area contributed by atoms with Crippen LogP contribution in [-0.2, 0) is 25.8 Å². The number of carbonyl (C=O) groups is 2. The van der Waals surface area contributed by atoms with Gasteiger partial charge in [-0.1, -0.05) is 30.3 Å². The number of benzene rings is 1. The second-order valence-corrected chi connectivity index (χ2v) is 5.37. The van der Waals surface area contributed by atoms with Crippen molar-refractivity contribution in [3.63, 3.8) is 0 Å². The zero-order valence-corrected chi connectivity index (χ0v) is 13.0. The highest BCUT2D eigenvalue weighted by atomic mass is 16.6. The van der Waals surface area contributed by atoms with E-state index < -0.39 is 6.04 Å². The van der Waals surface area contributed by atoms with E-state index in [2.05, 4.69) is 5.48 Å². The van der Waals surface area contributed by atoms with E-state index in [1.165, 1.54) is 4.90 Å². The molecule has 0 aliphatic carbocycles. The fraction of sp³-hybridized carbons (Fsp3) is 0.500. The Morgan fingerprint density at radius 2 is 2.05 bits per heavy atom. The number of imide groups is 1. The van der Waals surface area contributed by atoms with Crippen LogP contribution in [0.25, 0.3) is 0 Å². The van der Waals surface area contributed by atoms with Crippen LogP contribution < -0.4 is 5.48 Å². The minimum Gasteiger partial charge on any atom is -0.380 e. The summed E-state index contributed by atoms with van der Waals surface area (Å²) in [5.41, 5.74) is 3.79. The second-order valence-electron chi connectivity index (χ2n) is 5.37. The summed E-state index contributed by atoms with van der Waals surface area (Å²) in [6.45, 7) is 2.46. The number of hydrogen-bond donors (Lipinski definition) is 1. The second kappa shape index (κ2) is 8.03. The number of ether oxygens (including phenoxy) is 1. The molecule has 2 amide bonds. The Bertz CT molecular complexity index is 506. The van der Waals surface area contributed by atoms with Crippen molar-refractivity contribution in [1.29, 1.82) is 0 Å². The predicted octanol–water partition coefficient (Wildman–Crippen LogP) is 1.26. The lowest BCUT2D eigenvalue weighted by Crippen LogP contribution is -2.54. The van der Waals surface area contributed by atoms with Gasteiger partial charge in [0.15, 0.2) is 0 Å². The lowest BCUT2D eigenvalue weighted by atomic mass is 10.0. The molecule has 1 saturated heterocycles. The molecule has 6 nitrogen and oxygen atoms in total. The fourth-order valence-corrected chi connectivity index (χ4v) is 2.27. The molecule has 2 atom stereocenters. The summed E-state index contributed by atoms with van der Waals surface area (Å²) in [6.07, 6.45) is 0.593. The Morgan fingerprint density at radius 1 is 1.32 bits per heavy atom. The molecular weight excluding hydrogens is 284 g/mol. The fourth-order valence-electron chi connectivity index (χ4n) is 2.27. The van der Waals surface area contributed by atoms with Gasteiger partial charge in [-0.3, -0.25) is 19.3 Å². The number of likely N-dealkylation sites (tertiary alicyclic amines) is 1. The molecule has 0 saturated carbocycles. The first-order valence-corrected chi connectivity index (χ1v) is 7.40. The van der Waals surface area contributed by atoms with E-state index in [9.17, 15) is 9.59 Å². The molecule has 1 aromatic carbocycles. The molecule has 0 aromatic heterocycles. The number of nitrogens with zero attached hydrogens (tertiary/aromatic N) is 1. The third-order valence-electron chi connectivity index (χ3n) is 3.66. The maximum atomic E-state index is 12.3. The summed E-state index contributed by atoms with van der Waals surface area (Å²) < 4.78 is 5.13. The van der Waals surface area contributed by atoms with Crippen molar-refractivity contribution in [3.05, 3.63) is 35.9 Å². The molecule has 1 aromatic rings. The van der Waals surface area contributed by atoms with Gasteiger partial charge >= 0.3 is 0 Å². The van der Waals surface area contributed by atoms with Crippen molar-refractivity contribution in [1.82, 2.24) is 10.4 Å². The van der Waals surface area contributed by atoms with Crippen LogP contribution in [0.1, 0.15) is 25.3 Å². The van der Waals surface area contributed by atoms with Gasteiger partial charge in [0, 0.05) is 13.5 Å². The summed E-state index contributed by atoms with van der Waals surface area (Å²) in [4.78, 5) is 30.9. The maximum absolute atomic E-state index is 12.3. The summed E-state index contributed by atoms with van der Waals surface area (Å²) in [5.74, 6) is -0.414. The number of carbonyl (C=O) groups excluding carboxylic acids is 2. The quantitative estimate of drug-likeness (QED) is 0.607. The van der Waals surface area contributed by atoms with Gasteiger partial charge in [0.25, 0.3) is 0 Å². The van der Waals surface area contributed by atoms with E-state index in [-0.39, 0.29) is 24.5 Å². The molecular formula is C16H22N2O4. The van der Waals surface area contributed by atoms with E-state index >= 15 is 0 Å². The zero-order valence-electron chi connectivity index (χ0n) is 13.0. The van der Waals surface area contributed by atoms with Crippen LogP contribution in [0.15, 0.2) is 30.3 Å². The lowest BCUT2D eigenvalue weighted by Gasteiger charge is -2.32. The van der Waals surface area contributed by atoms with E-state index in [1.54, 1.807) is 7.11 Å². The van der Waals surface area contributed by atoms with Crippen LogP contribution in [0.2, 0.25) is 0 Å². The average Bonchev–Trinajstić information content (AvgIpc) is 2.54. The molecule has 0 radical (unpaired) electrons. The number of nitrogens with one attached hydrogen (secondary N) is 1. The van der Waals surface area contributed by atoms with Gasteiger partial charge < -0.3 is 4.74 Å². The van der Waals surface area contributed by atoms with Crippen LogP contribution in [0.5, 0.6) is 0 Å². The molecule has 1 fully saturated rings. The third kappa shape index (κ3) is 4.37. The highest BCUT2D eigenvalue weighted by Gasteiger charge is 2.35. The summed E-state index contributed by atoms with van der Waals surface area (Å²) in [7, 11) is 1.56. The summed E-state index contributed by atoms with van der Waals surface area (Å²) in [6, 6.07) is 9.18. The van der Waals surface area contributed by atoms with E-state index in [1.807, 2.05) is 37.3 Å². The lowest BCUT2D eigenvalue weighted by molar-refractivity contribution is -0.155. The van der Waals surface area contributed by atoms with Crippen molar-refractivity contribution < 1.29 is 19.2 Å². The van der Waals surface area contributed by atoms with Gasteiger partial charge in [-0.25, -0.2) is 0 Å². The van der Waals surface area contributed by atoms with Crippen molar-refractivity contribution in [3.8, 4) is 0 Å². The molecule has 1 N–H and O–H groups in total. The number of hydrogen-bond acceptors (Lipinski definition) is 5. The molecule has 0 bridgehead atoms. The monoisotopic (exact) mass is 306 g/mol. The molecule has 1 aliphatic heterocycles. The van der Waals surface area contributed by atoms with Crippen LogP contribution in [0.4, 0.5) is 0 Å². The first-order chi connectivity index (χ1) is 10.6. The Kier molecular flexibility index (Phi) is 6.06. The molecule has 0 spiro atoms. The molecule has 2 rings (SSSR count). The first kappa shape index (κ1) is 16.6. The highest BCUT2D eigenvalue weighted by Crippen LogP contribution is 2.14. The van der Waals surface area contributed by atoms with Crippen LogP contribution in [-0.4, -0.2) is 42.5 Å². The minimum absolute atomic E-state index is 0.157. The number of hydroxylamine groups is 1. The standard InChI is InChI=1S/C16H22N2O4/c1-12(21-2)10-18-15(19)9-8-14(16(18)20)17-22-11-13-6-4-3-5-7-13/h3-7,12,14,17H,8-11H2,1-2H3. The topological polar surface area (TPSA) is 67.9 Å². The smallest absolute Gasteiger partial charge is 0.248 e. The minimum atomic E-state index is -0.495. The number of piperidine rings is 1. The van der Waals surface area contributed by atoms with Crippen LogP contribution in [0, 0.1) is 0 Å². The Morgan fingerprint density at radius 3 is 2.73 bits per heavy atom. The van der Waals surface area contributed by atoms with Crippen molar-refractivity contribution in [2.75, 3.05) is 13.7 Å². The number of rotatable bonds is 7. The van der Waals surface area contributed by atoms with Gasteiger partial charge in [-0.05, 0) is 18.9 Å². The van der Waals surface area contributed by atoms with Gasteiger partial charge in [0.1, 0.15) is 6.04 Å². The zero-order chi connectivity index (χ0) is 15.9. The Balaban J connectivity index is 1.86. The molecule has 1 heterocycles. The average molecular weight is 306 g/mol. The van der Waals surface area contributed by atoms with Gasteiger partial charge in [0.05, 0.1) is 19.3 Å². The maximum Gasteiger partial charge on any atom is 0.248 e. The van der Waals surface area contributed by atoms with Crippen molar-refractivity contribution >= 4 is 11.8 Å². The van der Waals surface area contributed by atoms with Crippen molar-refractivity contribution in [2.24, 2.45) is 0 Å². The van der Waals surface area contributed by atoms with E-state index in [4.69, 9.17) is 9.57 Å². The normalized spacial score (nSPS) is 20.3. The Hall–Kier alpha value is -1.76. The highest BCUT2D eigenvalue weighted by molar-refractivity contribution is 6.00. The van der Waals surface area contributed by atoms with Crippen LogP contribution in [0.3, 0.4) is 0 Å². The number of methoxy groups -OCH3 is 1. The molecule has 1 aliphatic rings. The summed E-state index contributed by atoms with van der Waals surface area (Å²) >= 11 is 0. The van der Waals surface area contributed by atoms with Crippen LogP contribution >= 0.6 is 0 Å². The summed E-state index contributed by atoms with van der Waals surface area (Å²) in [5, 5.41) is 0. The molecule has 2 unspecified atom stereocenters. The number of amides is 2. The Labute approximate surface area is 130 Å². The van der Waals surface area contributed by atoms with E-state index in [0.29, 0.717) is 19.4 Å². The third-order valence-corrected chi connectivity index (χ3v) is 3.66. The van der Waals surface area contributed by atoms with Crippen molar-refractivity contribution in [2.45, 2.75) is 38.5 Å². The van der Waals surface area contributed by atoms with E-state index in [0.717, 1.165) is 5.56 Å². The molecule has 22 heavy (non-hydrogen) atoms. The first-order valence-electron chi connectivity index (χ1n) is 7.40. The molecule has 6 heteroatoms.